The van der Waals surface area contributed by atoms with Crippen LogP contribution in [0.2, 0.25) is 0 Å². The van der Waals surface area contributed by atoms with Gasteiger partial charge in [-0.1, -0.05) is 6.92 Å². The molecule has 0 saturated heterocycles. The lowest BCUT2D eigenvalue weighted by molar-refractivity contribution is -0.137. The summed E-state index contributed by atoms with van der Waals surface area (Å²) in [5.74, 6) is -0.836. The van der Waals surface area contributed by atoms with Crippen LogP contribution >= 0.6 is 0 Å². The van der Waals surface area contributed by atoms with Crippen molar-refractivity contribution in [1.82, 2.24) is 0 Å². The lowest BCUT2D eigenvalue weighted by Crippen LogP contribution is -2.17. The fraction of sp³-hybridized carbons (Fsp3) is 0.467. The number of benzene rings is 1. The van der Waals surface area contributed by atoms with Crippen LogP contribution in [0.3, 0.4) is 0 Å². The van der Waals surface area contributed by atoms with Crippen LogP contribution in [0.15, 0.2) is 6.07 Å². The fourth-order valence-corrected chi connectivity index (χ4v) is 2.25. The van der Waals surface area contributed by atoms with Crippen molar-refractivity contribution in [2.45, 2.75) is 34.1 Å². The van der Waals surface area contributed by atoms with E-state index in [-0.39, 0.29) is 12.2 Å². The Morgan fingerprint density at radius 3 is 2.32 bits per heavy atom. The van der Waals surface area contributed by atoms with E-state index in [1.165, 1.54) is 0 Å². The summed E-state index contributed by atoms with van der Waals surface area (Å²) in [4.78, 5) is 23.0. The van der Waals surface area contributed by atoms with Gasteiger partial charge in [0.25, 0.3) is 0 Å². The lowest BCUT2D eigenvalue weighted by atomic mass is 9.90. The maximum absolute atomic E-state index is 12.3. The first kappa shape index (κ1) is 15.2. The van der Waals surface area contributed by atoms with Crippen molar-refractivity contribution < 1.29 is 19.4 Å². The van der Waals surface area contributed by atoms with Crippen molar-refractivity contribution in [2.24, 2.45) is 5.92 Å². The number of hydrogen-bond donors (Lipinski definition) is 1. The number of ether oxygens (including phenoxy) is 1. The molecule has 0 heterocycles. The van der Waals surface area contributed by atoms with E-state index in [0.717, 1.165) is 22.4 Å². The molecule has 0 aromatic heterocycles. The van der Waals surface area contributed by atoms with Gasteiger partial charge in [0.05, 0.1) is 13.5 Å². The van der Waals surface area contributed by atoms with Gasteiger partial charge in [-0.3, -0.25) is 9.59 Å². The molecule has 4 nitrogen and oxygen atoms in total. The maximum Gasteiger partial charge on any atom is 0.304 e. The summed E-state index contributed by atoms with van der Waals surface area (Å²) in [5.41, 5.74) is 3.25. The third-order valence-electron chi connectivity index (χ3n) is 3.42. The van der Waals surface area contributed by atoms with Crippen molar-refractivity contribution >= 4 is 11.8 Å². The highest BCUT2D eigenvalue weighted by atomic mass is 16.5. The summed E-state index contributed by atoms with van der Waals surface area (Å²) in [5, 5.41) is 8.77. The molecule has 1 N–H and O–H groups in total. The van der Waals surface area contributed by atoms with E-state index in [0.29, 0.717) is 5.56 Å². The van der Waals surface area contributed by atoms with E-state index in [4.69, 9.17) is 9.84 Å². The minimum absolute atomic E-state index is 0.131. The van der Waals surface area contributed by atoms with Gasteiger partial charge in [0.15, 0.2) is 5.78 Å². The van der Waals surface area contributed by atoms with Crippen LogP contribution in [-0.4, -0.2) is 24.0 Å². The van der Waals surface area contributed by atoms with Gasteiger partial charge >= 0.3 is 5.97 Å². The zero-order chi connectivity index (χ0) is 14.7. The standard InChI is InChI=1S/C15H20O4/c1-8(7-13(16)17)14(18)12-6-9(2)15(19-5)11(4)10(12)3/h6,8H,7H2,1-5H3,(H,16,17). The van der Waals surface area contributed by atoms with Crippen molar-refractivity contribution in [2.75, 3.05) is 7.11 Å². The molecule has 0 radical (unpaired) electrons. The predicted molar refractivity (Wildman–Crippen MR) is 73.0 cm³/mol. The number of methoxy groups -OCH3 is 1. The van der Waals surface area contributed by atoms with Crippen molar-refractivity contribution in [1.29, 1.82) is 0 Å². The first-order valence-corrected chi connectivity index (χ1v) is 6.20. The zero-order valence-corrected chi connectivity index (χ0v) is 12.0. The predicted octanol–water partition coefficient (Wildman–Crippen LogP) is 2.91. The molecular weight excluding hydrogens is 244 g/mol. The SMILES string of the molecule is COc1c(C)cc(C(=O)C(C)CC(=O)O)c(C)c1C. The minimum Gasteiger partial charge on any atom is -0.496 e. The number of hydrogen-bond acceptors (Lipinski definition) is 3. The van der Waals surface area contributed by atoms with Crippen LogP contribution in [0.5, 0.6) is 5.75 Å². The normalized spacial score (nSPS) is 12.1. The van der Waals surface area contributed by atoms with Crippen LogP contribution in [0.4, 0.5) is 0 Å². The summed E-state index contributed by atoms with van der Waals surface area (Å²) in [6.45, 7) is 7.28. The average Bonchev–Trinajstić information content (AvgIpc) is 2.32. The van der Waals surface area contributed by atoms with E-state index in [1.807, 2.05) is 20.8 Å². The highest BCUT2D eigenvalue weighted by molar-refractivity contribution is 6.01. The van der Waals surface area contributed by atoms with Gasteiger partial charge in [-0.15, -0.1) is 0 Å². The van der Waals surface area contributed by atoms with Gasteiger partial charge in [-0.05, 0) is 43.5 Å². The van der Waals surface area contributed by atoms with Crippen LogP contribution in [0, 0.1) is 26.7 Å². The number of aryl methyl sites for hydroxylation is 1. The van der Waals surface area contributed by atoms with Crippen LogP contribution in [0.1, 0.15) is 40.4 Å². The molecule has 104 valence electrons. The van der Waals surface area contributed by atoms with Crippen molar-refractivity contribution in [3.8, 4) is 5.75 Å². The highest BCUT2D eigenvalue weighted by Crippen LogP contribution is 2.30. The Bertz CT molecular complexity index is 517. The third-order valence-corrected chi connectivity index (χ3v) is 3.42. The molecule has 0 bridgehead atoms. The molecule has 0 fully saturated rings. The minimum atomic E-state index is -0.958. The van der Waals surface area contributed by atoms with Crippen LogP contribution in [0.25, 0.3) is 0 Å². The summed E-state index contributed by atoms with van der Waals surface area (Å²) in [6.07, 6.45) is -0.150. The second-order valence-corrected chi connectivity index (χ2v) is 4.89. The Balaban J connectivity index is 3.22. The second-order valence-electron chi connectivity index (χ2n) is 4.89. The Kier molecular flexibility index (Phi) is 4.70. The molecule has 0 aliphatic carbocycles. The van der Waals surface area contributed by atoms with Gasteiger partial charge in [0, 0.05) is 11.5 Å². The molecule has 1 aromatic carbocycles. The summed E-state index contributed by atoms with van der Waals surface area (Å²) < 4.78 is 5.31. The molecule has 0 aliphatic rings. The number of Topliss-reactive ketones (excluding diaryl/α,β-unsaturated/α-hetero) is 1. The second kappa shape index (κ2) is 5.87. The lowest BCUT2D eigenvalue weighted by Gasteiger charge is -2.16. The topological polar surface area (TPSA) is 63.6 Å². The molecule has 19 heavy (non-hydrogen) atoms. The summed E-state index contributed by atoms with van der Waals surface area (Å²) in [7, 11) is 1.60. The van der Waals surface area contributed by atoms with Gasteiger partial charge in [-0.25, -0.2) is 0 Å². The number of ketones is 1. The fourth-order valence-electron chi connectivity index (χ4n) is 2.25. The zero-order valence-electron chi connectivity index (χ0n) is 12.0. The summed E-state index contributed by atoms with van der Waals surface area (Å²) >= 11 is 0. The molecule has 1 unspecified atom stereocenters. The Hall–Kier alpha value is -1.84. The maximum atomic E-state index is 12.3. The number of carboxylic acids is 1. The molecule has 1 atom stereocenters. The van der Waals surface area contributed by atoms with E-state index < -0.39 is 11.9 Å². The van der Waals surface area contributed by atoms with Gasteiger partial charge in [0.1, 0.15) is 5.75 Å². The molecule has 0 amide bonds. The van der Waals surface area contributed by atoms with E-state index in [9.17, 15) is 9.59 Å². The van der Waals surface area contributed by atoms with E-state index in [1.54, 1.807) is 20.1 Å². The largest absolute Gasteiger partial charge is 0.496 e. The third kappa shape index (κ3) is 3.13. The first-order valence-electron chi connectivity index (χ1n) is 6.20. The molecule has 0 saturated carbocycles. The molecular formula is C15H20O4. The monoisotopic (exact) mass is 264 g/mol. The number of carbonyl (C=O) groups excluding carboxylic acids is 1. The highest BCUT2D eigenvalue weighted by Gasteiger charge is 2.22. The molecule has 0 spiro atoms. The quantitative estimate of drug-likeness (QED) is 0.830. The molecule has 1 aromatic rings. The van der Waals surface area contributed by atoms with E-state index in [2.05, 4.69) is 0 Å². The average molecular weight is 264 g/mol. The molecule has 1 rings (SSSR count). The molecule has 0 aliphatic heterocycles. The molecule has 4 heteroatoms. The first-order chi connectivity index (χ1) is 8.79. The van der Waals surface area contributed by atoms with Gasteiger partial charge < -0.3 is 9.84 Å². The van der Waals surface area contributed by atoms with Gasteiger partial charge in [-0.2, -0.15) is 0 Å². The van der Waals surface area contributed by atoms with E-state index >= 15 is 0 Å². The number of carbonyl (C=O) groups is 2. The summed E-state index contributed by atoms with van der Waals surface area (Å²) in [6, 6.07) is 1.78. The Morgan fingerprint density at radius 2 is 1.84 bits per heavy atom. The van der Waals surface area contributed by atoms with Crippen molar-refractivity contribution in [3.05, 3.63) is 28.3 Å². The Labute approximate surface area is 113 Å². The van der Waals surface area contributed by atoms with Crippen LogP contribution < -0.4 is 4.74 Å². The number of aliphatic carboxylic acids is 1. The Morgan fingerprint density at radius 1 is 1.26 bits per heavy atom. The van der Waals surface area contributed by atoms with Crippen molar-refractivity contribution in [3.63, 3.8) is 0 Å². The number of rotatable bonds is 5. The smallest absolute Gasteiger partial charge is 0.304 e. The number of carboxylic acid groups (broad SMARTS) is 1. The van der Waals surface area contributed by atoms with Crippen LogP contribution in [-0.2, 0) is 4.79 Å². The van der Waals surface area contributed by atoms with Gasteiger partial charge in [0.2, 0.25) is 0 Å².